The van der Waals surface area contributed by atoms with E-state index in [0.29, 0.717) is 5.92 Å². The molecule has 0 saturated heterocycles. The van der Waals surface area contributed by atoms with Crippen molar-refractivity contribution in [3.8, 4) is 0 Å². The van der Waals surface area contributed by atoms with E-state index < -0.39 is 0 Å². The first-order valence-corrected chi connectivity index (χ1v) is 6.29. The van der Waals surface area contributed by atoms with Crippen LogP contribution in [0.1, 0.15) is 30.9 Å². The Balaban J connectivity index is 2.28. The molecule has 2 heteroatoms. The van der Waals surface area contributed by atoms with Gasteiger partial charge in [-0.2, -0.15) is 0 Å². The van der Waals surface area contributed by atoms with Crippen molar-refractivity contribution in [1.29, 1.82) is 0 Å². The average molecular weight is 240 g/mol. The summed E-state index contributed by atoms with van der Waals surface area (Å²) in [5, 5.41) is 3.38. The highest BCUT2D eigenvalue weighted by Crippen LogP contribution is 2.26. The van der Waals surface area contributed by atoms with E-state index in [-0.39, 0.29) is 0 Å². The van der Waals surface area contributed by atoms with E-state index in [1.54, 1.807) is 0 Å². The quantitative estimate of drug-likeness (QED) is 0.778. The number of nitrogens with two attached hydrogens (primary N) is 1. The van der Waals surface area contributed by atoms with Crippen molar-refractivity contribution >= 4 is 17.1 Å². The van der Waals surface area contributed by atoms with Crippen LogP contribution in [0.2, 0.25) is 0 Å². The summed E-state index contributed by atoms with van der Waals surface area (Å²) < 4.78 is 0. The molecule has 0 aliphatic heterocycles. The maximum Gasteiger partial charge on any atom is 0.0620 e. The van der Waals surface area contributed by atoms with E-state index in [9.17, 15) is 0 Å². The summed E-state index contributed by atoms with van der Waals surface area (Å²) in [7, 11) is 0. The molecule has 0 heterocycles. The van der Waals surface area contributed by atoms with Gasteiger partial charge in [0.25, 0.3) is 0 Å². The Bertz CT molecular complexity index is 545. The van der Waals surface area contributed by atoms with Gasteiger partial charge in [-0.1, -0.05) is 32.0 Å². The fourth-order valence-corrected chi connectivity index (χ4v) is 1.91. The lowest BCUT2D eigenvalue weighted by Gasteiger charge is -2.12. The van der Waals surface area contributed by atoms with Crippen LogP contribution in [-0.2, 0) is 0 Å². The van der Waals surface area contributed by atoms with E-state index in [1.807, 2.05) is 12.1 Å². The lowest BCUT2D eigenvalue weighted by Crippen LogP contribution is -1.97. The zero-order chi connectivity index (χ0) is 13.1. The van der Waals surface area contributed by atoms with E-state index in [2.05, 4.69) is 56.4 Å². The van der Waals surface area contributed by atoms with Crippen LogP contribution in [0.15, 0.2) is 42.5 Å². The highest BCUT2D eigenvalue weighted by molar-refractivity contribution is 5.73. The van der Waals surface area contributed by atoms with Gasteiger partial charge in [-0.05, 0) is 48.2 Å². The molecule has 2 aromatic carbocycles. The molecule has 0 bridgehead atoms. The summed E-state index contributed by atoms with van der Waals surface area (Å²) in [6.07, 6.45) is 0. The van der Waals surface area contributed by atoms with Crippen LogP contribution in [0.3, 0.4) is 0 Å². The van der Waals surface area contributed by atoms with Crippen LogP contribution in [-0.4, -0.2) is 0 Å². The minimum Gasteiger partial charge on any atom is -0.397 e. The number of hydrogen-bond donors (Lipinski definition) is 2. The van der Waals surface area contributed by atoms with Gasteiger partial charge in [0.1, 0.15) is 0 Å². The standard InChI is InChI=1S/C16H20N2/c1-11(2)13-5-4-6-14(10-13)18-16-9-12(3)7-8-15(16)17/h4-11,18H,17H2,1-3H3. The summed E-state index contributed by atoms with van der Waals surface area (Å²) in [6, 6.07) is 14.5. The van der Waals surface area contributed by atoms with Crippen molar-refractivity contribution in [2.45, 2.75) is 26.7 Å². The third kappa shape index (κ3) is 2.83. The molecule has 0 atom stereocenters. The topological polar surface area (TPSA) is 38.0 Å². The fraction of sp³-hybridized carbons (Fsp3) is 0.250. The van der Waals surface area contributed by atoms with Crippen molar-refractivity contribution in [2.24, 2.45) is 0 Å². The monoisotopic (exact) mass is 240 g/mol. The molecule has 94 valence electrons. The first-order chi connectivity index (χ1) is 8.56. The Morgan fingerprint density at radius 3 is 2.56 bits per heavy atom. The lowest BCUT2D eigenvalue weighted by atomic mass is 10.0. The molecule has 2 aromatic rings. The first-order valence-electron chi connectivity index (χ1n) is 6.29. The number of hydrogen-bond acceptors (Lipinski definition) is 2. The molecule has 0 spiro atoms. The highest BCUT2D eigenvalue weighted by atomic mass is 14.9. The maximum absolute atomic E-state index is 5.97. The van der Waals surface area contributed by atoms with Gasteiger partial charge in [-0.3, -0.25) is 0 Å². The number of nitrogen functional groups attached to an aromatic ring is 1. The van der Waals surface area contributed by atoms with Crippen LogP contribution >= 0.6 is 0 Å². The number of anilines is 3. The second-order valence-corrected chi connectivity index (χ2v) is 5.00. The summed E-state index contributed by atoms with van der Waals surface area (Å²) in [4.78, 5) is 0. The molecule has 2 nitrogen and oxygen atoms in total. The largest absolute Gasteiger partial charge is 0.397 e. The number of benzene rings is 2. The van der Waals surface area contributed by atoms with Crippen LogP contribution < -0.4 is 11.1 Å². The molecule has 3 N–H and O–H groups in total. The minimum absolute atomic E-state index is 0.529. The summed E-state index contributed by atoms with van der Waals surface area (Å²) >= 11 is 0. The fourth-order valence-electron chi connectivity index (χ4n) is 1.91. The van der Waals surface area contributed by atoms with Gasteiger partial charge in [-0.25, -0.2) is 0 Å². The molecule has 0 saturated carbocycles. The molecule has 0 aromatic heterocycles. The van der Waals surface area contributed by atoms with E-state index in [1.165, 1.54) is 11.1 Å². The normalized spacial score (nSPS) is 10.7. The lowest BCUT2D eigenvalue weighted by molar-refractivity contribution is 0.867. The van der Waals surface area contributed by atoms with E-state index in [0.717, 1.165) is 17.1 Å². The highest BCUT2D eigenvalue weighted by Gasteiger charge is 2.03. The van der Waals surface area contributed by atoms with Gasteiger partial charge >= 0.3 is 0 Å². The zero-order valence-corrected chi connectivity index (χ0v) is 11.2. The van der Waals surface area contributed by atoms with E-state index in [4.69, 9.17) is 5.73 Å². The van der Waals surface area contributed by atoms with Gasteiger partial charge in [0.05, 0.1) is 11.4 Å². The van der Waals surface area contributed by atoms with Crippen molar-refractivity contribution in [2.75, 3.05) is 11.1 Å². The Labute approximate surface area is 109 Å². The van der Waals surface area contributed by atoms with Crippen LogP contribution in [0.5, 0.6) is 0 Å². The van der Waals surface area contributed by atoms with Gasteiger partial charge < -0.3 is 11.1 Å². The van der Waals surface area contributed by atoms with E-state index >= 15 is 0 Å². The van der Waals surface area contributed by atoms with Gasteiger partial charge in [0.2, 0.25) is 0 Å². The Morgan fingerprint density at radius 2 is 1.83 bits per heavy atom. The summed E-state index contributed by atoms with van der Waals surface area (Å²) in [6.45, 7) is 6.45. The number of rotatable bonds is 3. The average Bonchev–Trinajstić information content (AvgIpc) is 2.34. The Kier molecular flexibility index (Phi) is 3.56. The summed E-state index contributed by atoms with van der Waals surface area (Å²) in [5.41, 5.74) is 11.3. The Hall–Kier alpha value is -1.96. The second kappa shape index (κ2) is 5.13. The minimum atomic E-state index is 0.529. The molecule has 0 aliphatic carbocycles. The molecule has 18 heavy (non-hydrogen) atoms. The zero-order valence-electron chi connectivity index (χ0n) is 11.2. The molecular weight excluding hydrogens is 220 g/mol. The first kappa shape index (κ1) is 12.5. The molecule has 0 aliphatic rings. The summed E-state index contributed by atoms with van der Waals surface area (Å²) in [5.74, 6) is 0.529. The predicted octanol–water partition coefficient (Wildman–Crippen LogP) is 4.44. The molecule has 0 unspecified atom stereocenters. The Morgan fingerprint density at radius 1 is 1.06 bits per heavy atom. The van der Waals surface area contributed by atoms with Gasteiger partial charge in [0, 0.05) is 5.69 Å². The van der Waals surface area contributed by atoms with Gasteiger partial charge in [-0.15, -0.1) is 0 Å². The van der Waals surface area contributed by atoms with Crippen molar-refractivity contribution in [3.63, 3.8) is 0 Å². The SMILES string of the molecule is Cc1ccc(N)c(Nc2cccc(C(C)C)c2)c1. The molecule has 0 fully saturated rings. The third-order valence-electron chi connectivity index (χ3n) is 3.04. The van der Waals surface area contributed by atoms with Crippen LogP contribution in [0.25, 0.3) is 0 Å². The van der Waals surface area contributed by atoms with Crippen molar-refractivity contribution < 1.29 is 0 Å². The van der Waals surface area contributed by atoms with Gasteiger partial charge in [0.15, 0.2) is 0 Å². The smallest absolute Gasteiger partial charge is 0.0620 e. The third-order valence-corrected chi connectivity index (χ3v) is 3.04. The maximum atomic E-state index is 5.97. The van der Waals surface area contributed by atoms with Crippen molar-refractivity contribution in [1.82, 2.24) is 0 Å². The molecular formula is C16H20N2. The molecule has 0 radical (unpaired) electrons. The predicted molar refractivity (Wildman–Crippen MR) is 79.4 cm³/mol. The van der Waals surface area contributed by atoms with Crippen LogP contribution in [0.4, 0.5) is 17.1 Å². The molecule has 0 amide bonds. The number of nitrogens with one attached hydrogen (secondary N) is 1. The number of aryl methyl sites for hydroxylation is 1. The van der Waals surface area contributed by atoms with Crippen molar-refractivity contribution in [3.05, 3.63) is 53.6 Å². The van der Waals surface area contributed by atoms with Crippen LogP contribution in [0, 0.1) is 6.92 Å². The second-order valence-electron chi connectivity index (χ2n) is 5.00. The molecule has 2 rings (SSSR count).